The molecule has 0 amide bonds. The molecular formula is C10H15N3S. The summed E-state index contributed by atoms with van der Waals surface area (Å²) in [7, 11) is 0. The molecule has 2 heterocycles. The van der Waals surface area contributed by atoms with E-state index in [0.717, 1.165) is 36.8 Å². The average molecular weight is 209 g/mol. The van der Waals surface area contributed by atoms with Crippen molar-refractivity contribution in [3.05, 3.63) is 17.1 Å². The fourth-order valence-corrected chi connectivity index (χ4v) is 2.49. The predicted octanol–water partition coefficient (Wildman–Crippen LogP) is 1.20. The summed E-state index contributed by atoms with van der Waals surface area (Å²) in [4.78, 5) is 8.99. The molecule has 0 aromatic carbocycles. The molecule has 0 saturated carbocycles. The van der Waals surface area contributed by atoms with Crippen molar-refractivity contribution in [1.82, 2.24) is 15.3 Å². The molecule has 2 rings (SSSR count). The Balaban J connectivity index is 2.46. The van der Waals surface area contributed by atoms with E-state index < -0.39 is 0 Å². The molecule has 1 aliphatic heterocycles. The molecule has 1 aromatic heterocycles. The maximum Gasteiger partial charge on any atom is 0.126 e. The highest BCUT2D eigenvalue weighted by atomic mass is 32.2. The number of nitrogens with zero attached hydrogens (tertiary/aromatic N) is 2. The predicted molar refractivity (Wildman–Crippen MR) is 58.8 cm³/mol. The summed E-state index contributed by atoms with van der Waals surface area (Å²) >= 11 is 1.73. The second-order valence-corrected chi connectivity index (χ2v) is 4.25. The quantitative estimate of drug-likeness (QED) is 0.557. The first-order valence-electron chi connectivity index (χ1n) is 4.92. The number of rotatable bonds is 1. The Hall–Kier alpha value is -0.610. The minimum Gasteiger partial charge on any atom is -0.316 e. The molecule has 4 heteroatoms. The third kappa shape index (κ3) is 1.91. The van der Waals surface area contributed by atoms with Gasteiger partial charge in [0.25, 0.3) is 0 Å². The molecule has 0 saturated heterocycles. The van der Waals surface area contributed by atoms with Gasteiger partial charge >= 0.3 is 0 Å². The number of aromatic nitrogens is 2. The van der Waals surface area contributed by atoms with Crippen LogP contribution >= 0.6 is 11.8 Å². The van der Waals surface area contributed by atoms with Crippen LogP contribution in [0.2, 0.25) is 0 Å². The van der Waals surface area contributed by atoms with Crippen molar-refractivity contribution in [2.75, 3.05) is 19.3 Å². The van der Waals surface area contributed by atoms with Gasteiger partial charge in [0.2, 0.25) is 0 Å². The van der Waals surface area contributed by atoms with E-state index in [1.165, 1.54) is 11.3 Å². The van der Waals surface area contributed by atoms with Crippen molar-refractivity contribution in [1.29, 1.82) is 0 Å². The molecule has 14 heavy (non-hydrogen) atoms. The standard InChI is InChI=1S/C10H15N3S/c1-7-12-9-4-6-11-5-3-8(9)10(13-7)14-2/h11H,3-6H2,1-2H3. The SMILES string of the molecule is CSc1nc(C)nc2c1CCNCC2. The monoisotopic (exact) mass is 209 g/mol. The van der Waals surface area contributed by atoms with Crippen molar-refractivity contribution in [2.45, 2.75) is 24.8 Å². The Kier molecular flexibility index (Phi) is 3.03. The second-order valence-electron chi connectivity index (χ2n) is 3.46. The zero-order valence-corrected chi connectivity index (χ0v) is 9.45. The molecule has 0 radical (unpaired) electrons. The van der Waals surface area contributed by atoms with Crippen molar-refractivity contribution >= 4 is 11.8 Å². The maximum atomic E-state index is 4.52. The van der Waals surface area contributed by atoms with Crippen molar-refractivity contribution < 1.29 is 0 Å². The first-order valence-corrected chi connectivity index (χ1v) is 6.15. The van der Waals surface area contributed by atoms with Crippen LogP contribution in [0.3, 0.4) is 0 Å². The van der Waals surface area contributed by atoms with E-state index in [4.69, 9.17) is 0 Å². The lowest BCUT2D eigenvalue weighted by atomic mass is 10.1. The number of hydrogen-bond donors (Lipinski definition) is 1. The Bertz CT molecular complexity index is 338. The molecule has 1 aliphatic rings. The fraction of sp³-hybridized carbons (Fsp3) is 0.600. The smallest absolute Gasteiger partial charge is 0.126 e. The van der Waals surface area contributed by atoms with Crippen molar-refractivity contribution in [2.24, 2.45) is 0 Å². The topological polar surface area (TPSA) is 37.8 Å². The Labute approximate surface area is 88.7 Å². The Morgan fingerprint density at radius 2 is 2.00 bits per heavy atom. The summed E-state index contributed by atoms with van der Waals surface area (Å²) in [5, 5.41) is 4.55. The van der Waals surface area contributed by atoms with E-state index in [1.807, 2.05) is 6.92 Å². The normalized spacial score (nSPS) is 16.1. The third-order valence-corrected chi connectivity index (χ3v) is 3.17. The summed E-state index contributed by atoms with van der Waals surface area (Å²) in [5.74, 6) is 0.898. The van der Waals surface area contributed by atoms with Gasteiger partial charge in [-0.25, -0.2) is 9.97 Å². The summed E-state index contributed by atoms with van der Waals surface area (Å²) in [5.41, 5.74) is 2.60. The van der Waals surface area contributed by atoms with E-state index in [9.17, 15) is 0 Å². The van der Waals surface area contributed by atoms with Gasteiger partial charge in [0, 0.05) is 24.2 Å². The lowest BCUT2D eigenvalue weighted by Gasteiger charge is -2.09. The van der Waals surface area contributed by atoms with Crippen LogP contribution in [-0.2, 0) is 12.8 Å². The number of hydrogen-bond acceptors (Lipinski definition) is 4. The molecular weight excluding hydrogens is 194 g/mol. The molecule has 76 valence electrons. The highest BCUT2D eigenvalue weighted by Crippen LogP contribution is 2.22. The van der Waals surface area contributed by atoms with Crippen LogP contribution in [0.15, 0.2) is 5.03 Å². The van der Waals surface area contributed by atoms with Crippen molar-refractivity contribution in [3.8, 4) is 0 Å². The highest BCUT2D eigenvalue weighted by Gasteiger charge is 2.14. The maximum absolute atomic E-state index is 4.52. The minimum absolute atomic E-state index is 0.898. The minimum atomic E-state index is 0.898. The third-order valence-electron chi connectivity index (χ3n) is 2.45. The number of aryl methyl sites for hydroxylation is 1. The summed E-state index contributed by atoms with van der Waals surface area (Å²) < 4.78 is 0. The molecule has 0 bridgehead atoms. The molecule has 0 spiro atoms. The fourth-order valence-electron chi connectivity index (χ4n) is 1.80. The molecule has 3 nitrogen and oxygen atoms in total. The zero-order valence-electron chi connectivity index (χ0n) is 8.63. The van der Waals surface area contributed by atoms with Gasteiger partial charge in [-0.15, -0.1) is 11.8 Å². The molecule has 0 atom stereocenters. The van der Waals surface area contributed by atoms with Gasteiger partial charge in [0.1, 0.15) is 10.9 Å². The van der Waals surface area contributed by atoms with Crippen LogP contribution < -0.4 is 5.32 Å². The molecule has 1 N–H and O–H groups in total. The number of thioether (sulfide) groups is 1. The summed E-state index contributed by atoms with van der Waals surface area (Å²) in [6, 6.07) is 0. The molecule has 0 aliphatic carbocycles. The van der Waals surface area contributed by atoms with E-state index >= 15 is 0 Å². The van der Waals surface area contributed by atoms with Crippen molar-refractivity contribution in [3.63, 3.8) is 0 Å². The zero-order chi connectivity index (χ0) is 9.97. The number of nitrogens with one attached hydrogen (secondary N) is 1. The lowest BCUT2D eigenvalue weighted by Crippen LogP contribution is -2.16. The van der Waals surface area contributed by atoms with Gasteiger partial charge in [-0.2, -0.15) is 0 Å². The van der Waals surface area contributed by atoms with Crippen LogP contribution in [-0.4, -0.2) is 29.3 Å². The highest BCUT2D eigenvalue weighted by molar-refractivity contribution is 7.98. The van der Waals surface area contributed by atoms with E-state index in [-0.39, 0.29) is 0 Å². The summed E-state index contributed by atoms with van der Waals surface area (Å²) in [6.45, 7) is 4.06. The first-order chi connectivity index (χ1) is 6.81. The average Bonchev–Trinajstić information content (AvgIpc) is 2.41. The van der Waals surface area contributed by atoms with Crippen LogP contribution in [0.25, 0.3) is 0 Å². The van der Waals surface area contributed by atoms with Gasteiger partial charge in [-0.1, -0.05) is 0 Å². The Morgan fingerprint density at radius 1 is 1.21 bits per heavy atom. The largest absolute Gasteiger partial charge is 0.316 e. The second kappa shape index (κ2) is 4.28. The lowest BCUT2D eigenvalue weighted by molar-refractivity contribution is 0.707. The van der Waals surface area contributed by atoms with Gasteiger partial charge in [-0.05, 0) is 26.1 Å². The Morgan fingerprint density at radius 3 is 2.79 bits per heavy atom. The van der Waals surface area contributed by atoms with E-state index in [0.29, 0.717) is 0 Å². The van der Waals surface area contributed by atoms with E-state index in [2.05, 4.69) is 21.5 Å². The van der Waals surface area contributed by atoms with Gasteiger partial charge < -0.3 is 5.32 Å². The molecule has 0 fully saturated rings. The van der Waals surface area contributed by atoms with Crippen LogP contribution in [0.1, 0.15) is 17.1 Å². The molecule has 1 aromatic rings. The van der Waals surface area contributed by atoms with Crippen LogP contribution in [0.4, 0.5) is 0 Å². The number of fused-ring (bicyclic) bond motifs is 1. The van der Waals surface area contributed by atoms with Gasteiger partial charge in [0.05, 0.1) is 0 Å². The first kappa shape index (κ1) is 9.93. The van der Waals surface area contributed by atoms with Gasteiger partial charge in [0.15, 0.2) is 0 Å². The summed E-state index contributed by atoms with van der Waals surface area (Å²) in [6.07, 6.45) is 4.18. The molecule has 0 unspecified atom stereocenters. The van der Waals surface area contributed by atoms with Crippen LogP contribution in [0, 0.1) is 6.92 Å². The van der Waals surface area contributed by atoms with Crippen LogP contribution in [0.5, 0.6) is 0 Å². The van der Waals surface area contributed by atoms with E-state index in [1.54, 1.807) is 11.8 Å². The van der Waals surface area contributed by atoms with Gasteiger partial charge in [-0.3, -0.25) is 0 Å².